The van der Waals surface area contributed by atoms with Crippen molar-refractivity contribution in [3.63, 3.8) is 0 Å². The van der Waals surface area contributed by atoms with Gasteiger partial charge in [0, 0.05) is 0 Å². The highest BCUT2D eigenvalue weighted by atomic mass is 16.7. The Morgan fingerprint density at radius 2 is 2.19 bits per heavy atom. The van der Waals surface area contributed by atoms with E-state index in [-0.39, 0.29) is 19.4 Å². The van der Waals surface area contributed by atoms with E-state index >= 15 is 0 Å². The summed E-state index contributed by atoms with van der Waals surface area (Å²) in [6.07, 6.45) is 1.04. The summed E-state index contributed by atoms with van der Waals surface area (Å²) < 4.78 is 10.5. The highest BCUT2D eigenvalue weighted by Gasteiger charge is 2.16. The van der Waals surface area contributed by atoms with Crippen molar-refractivity contribution in [3.05, 3.63) is 23.8 Å². The smallest absolute Gasteiger partial charge is 0.231 e. The maximum absolute atomic E-state index is 9.32. The van der Waals surface area contributed by atoms with Crippen LogP contribution in [-0.2, 0) is 0 Å². The zero-order valence-electron chi connectivity index (χ0n) is 9.40. The van der Waals surface area contributed by atoms with Gasteiger partial charge in [0.05, 0.1) is 12.6 Å². The molecule has 0 radical (unpaired) electrons. The summed E-state index contributed by atoms with van der Waals surface area (Å²) in [7, 11) is 0. The van der Waals surface area contributed by atoms with Gasteiger partial charge in [-0.1, -0.05) is 13.0 Å². The monoisotopic (exact) mass is 223 g/mol. The Bertz CT molecular complexity index is 354. The molecule has 1 aromatic rings. The average molecular weight is 223 g/mol. The fraction of sp³-hybridized carbons (Fsp3) is 0.500. The zero-order chi connectivity index (χ0) is 11.4. The third-order valence-corrected chi connectivity index (χ3v) is 2.62. The van der Waals surface area contributed by atoms with Gasteiger partial charge in [-0.05, 0) is 30.7 Å². The molecule has 0 amide bonds. The summed E-state index contributed by atoms with van der Waals surface area (Å²) in [5, 5.41) is 12.6. The van der Waals surface area contributed by atoms with Gasteiger partial charge in [-0.2, -0.15) is 0 Å². The Morgan fingerprint density at radius 3 is 2.94 bits per heavy atom. The first-order valence-electron chi connectivity index (χ1n) is 5.59. The van der Waals surface area contributed by atoms with E-state index in [1.165, 1.54) is 0 Å². The van der Waals surface area contributed by atoms with Crippen molar-refractivity contribution in [1.29, 1.82) is 0 Å². The number of benzene rings is 1. The summed E-state index contributed by atoms with van der Waals surface area (Å²) in [5.74, 6) is 1.53. The lowest BCUT2D eigenvalue weighted by molar-refractivity contribution is 0.174. The van der Waals surface area contributed by atoms with Crippen molar-refractivity contribution < 1.29 is 14.6 Å². The van der Waals surface area contributed by atoms with Gasteiger partial charge in [0.15, 0.2) is 11.5 Å². The second-order valence-corrected chi connectivity index (χ2v) is 3.80. The molecule has 1 aliphatic heterocycles. The molecule has 1 atom stereocenters. The molecule has 0 spiro atoms. The van der Waals surface area contributed by atoms with Gasteiger partial charge in [-0.15, -0.1) is 0 Å². The largest absolute Gasteiger partial charge is 0.454 e. The van der Waals surface area contributed by atoms with Gasteiger partial charge < -0.3 is 19.9 Å². The molecule has 1 aromatic carbocycles. The minimum atomic E-state index is -0.0329. The molecule has 0 bridgehead atoms. The molecule has 2 N–H and O–H groups in total. The predicted octanol–water partition coefficient (Wildman–Crippen LogP) is 1.45. The van der Waals surface area contributed by atoms with E-state index in [9.17, 15) is 5.11 Å². The number of hydrogen-bond donors (Lipinski definition) is 2. The molecule has 16 heavy (non-hydrogen) atoms. The van der Waals surface area contributed by atoms with E-state index in [0.29, 0.717) is 0 Å². The quantitative estimate of drug-likeness (QED) is 0.793. The molecule has 1 aliphatic rings. The van der Waals surface area contributed by atoms with Crippen molar-refractivity contribution in [2.24, 2.45) is 0 Å². The van der Waals surface area contributed by atoms with Crippen LogP contribution in [0.1, 0.15) is 24.9 Å². The zero-order valence-corrected chi connectivity index (χ0v) is 9.40. The first-order chi connectivity index (χ1) is 7.85. The topological polar surface area (TPSA) is 50.7 Å². The van der Waals surface area contributed by atoms with Crippen LogP contribution in [0.4, 0.5) is 0 Å². The van der Waals surface area contributed by atoms with Crippen molar-refractivity contribution in [2.45, 2.75) is 19.4 Å². The molecule has 4 nitrogen and oxygen atoms in total. The van der Waals surface area contributed by atoms with Crippen LogP contribution >= 0.6 is 0 Å². The van der Waals surface area contributed by atoms with Crippen LogP contribution in [-0.4, -0.2) is 25.1 Å². The van der Waals surface area contributed by atoms with E-state index in [2.05, 4.69) is 12.2 Å². The van der Waals surface area contributed by atoms with E-state index in [0.717, 1.165) is 30.0 Å². The Labute approximate surface area is 95.2 Å². The molecule has 0 saturated carbocycles. The first kappa shape index (κ1) is 11.2. The molecule has 1 unspecified atom stereocenters. The number of ether oxygens (including phenoxy) is 2. The Morgan fingerprint density at radius 1 is 1.38 bits per heavy atom. The fourth-order valence-corrected chi connectivity index (χ4v) is 1.74. The third kappa shape index (κ3) is 2.28. The molecule has 2 rings (SSSR count). The molecule has 88 valence electrons. The highest BCUT2D eigenvalue weighted by molar-refractivity contribution is 5.45. The Kier molecular flexibility index (Phi) is 3.64. The maximum Gasteiger partial charge on any atom is 0.231 e. The number of rotatable bonds is 5. The van der Waals surface area contributed by atoms with Crippen LogP contribution in [0.5, 0.6) is 11.5 Å². The van der Waals surface area contributed by atoms with E-state index in [1.54, 1.807) is 0 Å². The number of hydrogen-bond acceptors (Lipinski definition) is 4. The van der Waals surface area contributed by atoms with Crippen LogP contribution in [0.2, 0.25) is 0 Å². The molecule has 0 fully saturated rings. The molecule has 0 saturated heterocycles. The number of aliphatic hydroxyl groups is 1. The number of aliphatic hydroxyl groups excluding tert-OH is 1. The van der Waals surface area contributed by atoms with E-state index in [1.807, 2.05) is 18.2 Å². The molecular weight excluding hydrogens is 206 g/mol. The van der Waals surface area contributed by atoms with Crippen LogP contribution < -0.4 is 14.8 Å². The number of fused-ring (bicyclic) bond motifs is 1. The van der Waals surface area contributed by atoms with E-state index in [4.69, 9.17) is 9.47 Å². The molecule has 0 aliphatic carbocycles. The van der Waals surface area contributed by atoms with Crippen molar-refractivity contribution >= 4 is 0 Å². The van der Waals surface area contributed by atoms with Gasteiger partial charge in [-0.3, -0.25) is 0 Å². The molecule has 0 aromatic heterocycles. The van der Waals surface area contributed by atoms with Gasteiger partial charge >= 0.3 is 0 Å². The van der Waals surface area contributed by atoms with Gasteiger partial charge in [0.25, 0.3) is 0 Å². The molecule has 4 heteroatoms. The summed E-state index contributed by atoms with van der Waals surface area (Å²) in [6, 6.07) is 5.73. The summed E-state index contributed by atoms with van der Waals surface area (Å²) >= 11 is 0. The van der Waals surface area contributed by atoms with Gasteiger partial charge in [0.2, 0.25) is 6.79 Å². The van der Waals surface area contributed by atoms with Gasteiger partial charge in [0.1, 0.15) is 0 Å². The summed E-state index contributed by atoms with van der Waals surface area (Å²) in [4.78, 5) is 0. The lowest BCUT2D eigenvalue weighted by Crippen LogP contribution is -2.24. The van der Waals surface area contributed by atoms with Crippen LogP contribution in [0.15, 0.2) is 18.2 Å². The minimum Gasteiger partial charge on any atom is -0.454 e. The second kappa shape index (κ2) is 5.18. The van der Waals surface area contributed by atoms with Crippen molar-refractivity contribution in [2.75, 3.05) is 19.9 Å². The Hall–Kier alpha value is -1.26. The fourth-order valence-electron chi connectivity index (χ4n) is 1.74. The predicted molar refractivity (Wildman–Crippen MR) is 60.7 cm³/mol. The normalized spacial score (nSPS) is 15.1. The lowest BCUT2D eigenvalue weighted by Gasteiger charge is -2.16. The van der Waals surface area contributed by atoms with Crippen LogP contribution in [0.3, 0.4) is 0 Å². The minimum absolute atomic E-state index is 0.0329. The molecular formula is C12H17NO3. The number of nitrogens with one attached hydrogen (secondary N) is 1. The first-order valence-corrected chi connectivity index (χ1v) is 5.59. The summed E-state index contributed by atoms with van der Waals surface area (Å²) in [5.41, 5.74) is 1.03. The average Bonchev–Trinajstić information content (AvgIpc) is 2.77. The van der Waals surface area contributed by atoms with Gasteiger partial charge in [-0.25, -0.2) is 0 Å². The van der Waals surface area contributed by atoms with Crippen LogP contribution in [0.25, 0.3) is 0 Å². The molecule has 1 heterocycles. The van der Waals surface area contributed by atoms with Crippen LogP contribution in [0, 0.1) is 0 Å². The second-order valence-electron chi connectivity index (χ2n) is 3.80. The maximum atomic E-state index is 9.32. The van der Waals surface area contributed by atoms with Crippen molar-refractivity contribution in [3.8, 4) is 11.5 Å². The van der Waals surface area contributed by atoms with E-state index < -0.39 is 0 Å². The SMILES string of the molecule is CCCNC(CO)c1ccc2c(c1)OCO2. The third-order valence-electron chi connectivity index (χ3n) is 2.62. The van der Waals surface area contributed by atoms with Crippen molar-refractivity contribution in [1.82, 2.24) is 5.32 Å². The summed E-state index contributed by atoms with van der Waals surface area (Å²) in [6.45, 7) is 3.35. The standard InChI is InChI=1S/C12H17NO3/c1-2-5-13-10(7-14)9-3-4-11-12(6-9)16-8-15-11/h3-4,6,10,13-14H,2,5,7-8H2,1H3. The lowest BCUT2D eigenvalue weighted by atomic mass is 10.1. The highest BCUT2D eigenvalue weighted by Crippen LogP contribution is 2.34. The Balaban J connectivity index is 2.12.